The van der Waals surface area contributed by atoms with Crippen LogP contribution in [0.4, 0.5) is 5.69 Å². The second kappa shape index (κ2) is 10.3. The lowest BCUT2D eigenvalue weighted by Gasteiger charge is -2.22. The Kier molecular flexibility index (Phi) is 8.79. The standard InChI is InChI=1S/C18H27N3O2.ClH/c1-13-4-3-5-14(2)18(13)21-17(23)12-20-16(22)7-6-15-8-10-19-11-9-15;/h3-5,15,19H,6-12H2,1-2H3,(H,20,22)(H,21,23);1H. The molecule has 1 aromatic carbocycles. The Hall–Kier alpha value is -1.59. The first-order chi connectivity index (χ1) is 11.1. The van der Waals surface area contributed by atoms with Crippen molar-refractivity contribution in [3.8, 4) is 0 Å². The molecule has 0 aliphatic carbocycles. The zero-order valence-electron chi connectivity index (χ0n) is 14.5. The fourth-order valence-corrected chi connectivity index (χ4v) is 2.97. The number of hydrogen-bond acceptors (Lipinski definition) is 3. The van der Waals surface area contributed by atoms with Crippen LogP contribution in [-0.2, 0) is 9.59 Å². The van der Waals surface area contributed by atoms with Crippen LogP contribution >= 0.6 is 12.4 Å². The summed E-state index contributed by atoms with van der Waals surface area (Å²) >= 11 is 0. The van der Waals surface area contributed by atoms with Crippen molar-refractivity contribution in [3.05, 3.63) is 29.3 Å². The Balaban J connectivity index is 0.00000288. The number of carbonyl (C=O) groups is 2. The quantitative estimate of drug-likeness (QED) is 0.736. The van der Waals surface area contributed by atoms with Crippen molar-refractivity contribution in [1.29, 1.82) is 0 Å². The van der Waals surface area contributed by atoms with Gasteiger partial charge in [-0.15, -0.1) is 12.4 Å². The van der Waals surface area contributed by atoms with Crippen LogP contribution in [0, 0.1) is 19.8 Å². The number of anilines is 1. The molecule has 1 aromatic rings. The van der Waals surface area contributed by atoms with E-state index in [9.17, 15) is 9.59 Å². The summed E-state index contributed by atoms with van der Waals surface area (Å²) in [5.74, 6) is 0.406. The van der Waals surface area contributed by atoms with Crippen molar-refractivity contribution < 1.29 is 9.59 Å². The predicted molar refractivity (Wildman–Crippen MR) is 99.6 cm³/mol. The molecular formula is C18H28ClN3O2. The second-order valence-electron chi connectivity index (χ2n) is 6.32. The number of piperidine rings is 1. The molecule has 2 rings (SSSR count). The van der Waals surface area contributed by atoms with Crippen molar-refractivity contribution in [2.75, 3.05) is 25.0 Å². The lowest BCUT2D eigenvalue weighted by atomic mass is 9.93. The summed E-state index contributed by atoms with van der Waals surface area (Å²) < 4.78 is 0. The first-order valence-electron chi connectivity index (χ1n) is 8.39. The molecule has 5 nitrogen and oxygen atoms in total. The Bertz CT molecular complexity index is 537. The normalized spacial score (nSPS) is 14.6. The van der Waals surface area contributed by atoms with E-state index in [0.29, 0.717) is 12.3 Å². The van der Waals surface area contributed by atoms with Gasteiger partial charge in [-0.05, 0) is 63.2 Å². The summed E-state index contributed by atoms with van der Waals surface area (Å²) in [6, 6.07) is 5.88. The van der Waals surface area contributed by atoms with Crippen LogP contribution in [0.2, 0.25) is 0 Å². The topological polar surface area (TPSA) is 70.2 Å². The number of halogens is 1. The maximum Gasteiger partial charge on any atom is 0.243 e. The summed E-state index contributed by atoms with van der Waals surface area (Å²) in [6.45, 7) is 6.04. The predicted octanol–water partition coefficient (Wildman–Crippen LogP) is 2.56. The van der Waals surface area contributed by atoms with E-state index in [1.54, 1.807) is 0 Å². The van der Waals surface area contributed by atoms with E-state index in [1.807, 2.05) is 32.0 Å². The van der Waals surface area contributed by atoms with Crippen molar-refractivity contribution in [2.24, 2.45) is 5.92 Å². The molecular weight excluding hydrogens is 326 g/mol. The minimum atomic E-state index is -0.183. The smallest absolute Gasteiger partial charge is 0.243 e. The number of carbonyl (C=O) groups excluding carboxylic acids is 2. The molecule has 0 aromatic heterocycles. The Morgan fingerprint density at radius 1 is 1.12 bits per heavy atom. The lowest BCUT2D eigenvalue weighted by molar-refractivity contribution is -0.124. The van der Waals surface area contributed by atoms with Crippen LogP contribution in [0.5, 0.6) is 0 Å². The minimum Gasteiger partial charge on any atom is -0.347 e. The highest BCUT2D eigenvalue weighted by atomic mass is 35.5. The van der Waals surface area contributed by atoms with Gasteiger partial charge in [-0.1, -0.05) is 18.2 Å². The van der Waals surface area contributed by atoms with Crippen LogP contribution in [0.15, 0.2) is 18.2 Å². The summed E-state index contributed by atoms with van der Waals surface area (Å²) in [4.78, 5) is 23.9. The average Bonchev–Trinajstić information content (AvgIpc) is 2.55. The van der Waals surface area contributed by atoms with Gasteiger partial charge in [0.15, 0.2) is 0 Å². The van der Waals surface area contributed by atoms with Gasteiger partial charge in [0.2, 0.25) is 11.8 Å². The van der Waals surface area contributed by atoms with Crippen molar-refractivity contribution in [2.45, 2.75) is 39.5 Å². The highest BCUT2D eigenvalue weighted by Gasteiger charge is 2.15. The minimum absolute atomic E-state index is 0. The molecule has 0 spiro atoms. The van der Waals surface area contributed by atoms with Crippen molar-refractivity contribution >= 4 is 29.9 Å². The summed E-state index contributed by atoms with van der Waals surface area (Å²) in [5, 5.41) is 8.91. The van der Waals surface area contributed by atoms with E-state index in [-0.39, 0.29) is 30.8 Å². The Morgan fingerprint density at radius 2 is 1.75 bits per heavy atom. The molecule has 2 amide bonds. The number of hydrogen-bond donors (Lipinski definition) is 3. The van der Waals surface area contributed by atoms with Crippen LogP contribution < -0.4 is 16.0 Å². The van der Waals surface area contributed by atoms with Gasteiger partial charge in [-0.2, -0.15) is 0 Å². The Labute approximate surface area is 150 Å². The van der Waals surface area contributed by atoms with E-state index in [2.05, 4.69) is 16.0 Å². The summed E-state index contributed by atoms with van der Waals surface area (Å²) in [6.07, 6.45) is 3.69. The number of para-hydroxylation sites is 1. The first-order valence-corrected chi connectivity index (χ1v) is 8.39. The van der Waals surface area contributed by atoms with Gasteiger partial charge in [-0.3, -0.25) is 9.59 Å². The molecule has 3 N–H and O–H groups in total. The SMILES string of the molecule is Cc1cccc(C)c1NC(=O)CNC(=O)CCC1CCNCC1.Cl. The zero-order chi connectivity index (χ0) is 16.7. The molecule has 0 atom stereocenters. The molecule has 0 unspecified atom stereocenters. The number of amides is 2. The van der Waals surface area contributed by atoms with Gasteiger partial charge >= 0.3 is 0 Å². The van der Waals surface area contributed by atoms with E-state index < -0.39 is 0 Å². The maximum atomic E-state index is 12.0. The molecule has 0 saturated carbocycles. The average molecular weight is 354 g/mol. The van der Waals surface area contributed by atoms with Gasteiger partial charge in [0.25, 0.3) is 0 Å². The fraction of sp³-hybridized carbons (Fsp3) is 0.556. The van der Waals surface area contributed by atoms with E-state index in [1.165, 1.54) is 0 Å². The highest BCUT2D eigenvalue weighted by Crippen LogP contribution is 2.19. The largest absolute Gasteiger partial charge is 0.347 e. The summed E-state index contributed by atoms with van der Waals surface area (Å²) in [7, 11) is 0. The van der Waals surface area contributed by atoms with Crippen LogP contribution in [0.25, 0.3) is 0 Å². The number of benzene rings is 1. The third-order valence-electron chi connectivity index (χ3n) is 4.43. The molecule has 1 aliphatic rings. The van der Waals surface area contributed by atoms with Crippen LogP contribution in [0.1, 0.15) is 36.8 Å². The zero-order valence-corrected chi connectivity index (χ0v) is 15.3. The fourth-order valence-electron chi connectivity index (χ4n) is 2.97. The third kappa shape index (κ3) is 6.49. The molecule has 24 heavy (non-hydrogen) atoms. The molecule has 1 heterocycles. The van der Waals surface area contributed by atoms with Crippen molar-refractivity contribution in [3.63, 3.8) is 0 Å². The van der Waals surface area contributed by atoms with Gasteiger partial charge < -0.3 is 16.0 Å². The van der Waals surface area contributed by atoms with E-state index in [4.69, 9.17) is 0 Å². The lowest BCUT2D eigenvalue weighted by Crippen LogP contribution is -2.34. The van der Waals surface area contributed by atoms with E-state index in [0.717, 1.165) is 49.2 Å². The molecule has 1 aliphatic heterocycles. The Morgan fingerprint density at radius 3 is 2.38 bits per heavy atom. The molecule has 0 radical (unpaired) electrons. The first kappa shape index (κ1) is 20.5. The van der Waals surface area contributed by atoms with Crippen LogP contribution in [0.3, 0.4) is 0 Å². The molecule has 6 heteroatoms. The molecule has 134 valence electrons. The number of rotatable bonds is 6. The van der Waals surface area contributed by atoms with E-state index >= 15 is 0 Å². The van der Waals surface area contributed by atoms with Gasteiger partial charge in [0, 0.05) is 12.1 Å². The second-order valence-corrected chi connectivity index (χ2v) is 6.32. The van der Waals surface area contributed by atoms with Crippen molar-refractivity contribution in [1.82, 2.24) is 10.6 Å². The third-order valence-corrected chi connectivity index (χ3v) is 4.43. The van der Waals surface area contributed by atoms with Crippen LogP contribution in [-0.4, -0.2) is 31.4 Å². The molecule has 1 fully saturated rings. The number of nitrogens with one attached hydrogen (secondary N) is 3. The van der Waals surface area contributed by atoms with Gasteiger partial charge in [0.1, 0.15) is 0 Å². The highest BCUT2D eigenvalue weighted by molar-refractivity contribution is 5.95. The van der Waals surface area contributed by atoms with Gasteiger partial charge in [0.05, 0.1) is 6.54 Å². The number of aryl methyl sites for hydroxylation is 2. The summed E-state index contributed by atoms with van der Waals surface area (Å²) in [5.41, 5.74) is 2.88. The monoisotopic (exact) mass is 353 g/mol. The van der Waals surface area contributed by atoms with Gasteiger partial charge in [-0.25, -0.2) is 0 Å². The molecule has 0 bridgehead atoms. The molecule has 1 saturated heterocycles. The maximum absolute atomic E-state index is 12.0.